The number of nitrogens with one attached hydrogen (secondary N) is 1. The van der Waals surface area contributed by atoms with Gasteiger partial charge in [-0.05, 0) is 12.8 Å². The highest BCUT2D eigenvalue weighted by Gasteiger charge is 2.33. The molecule has 0 unspecified atom stereocenters. The molecule has 0 aromatic carbocycles. The van der Waals surface area contributed by atoms with Crippen LogP contribution in [0.4, 0.5) is 13.2 Å². The average molecular weight is 448 g/mol. The van der Waals surface area contributed by atoms with E-state index >= 15 is 0 Å². The van der Waals surface area contributed by atoms with E-state index < -0.39 is 11.9 Å². The Balaban J connectivity index is 0.00000441. The Morgan fingerprint density at radius 3 is 2.73 bits per heavy atom. The summed E-state index contributed by atoms with van der Waals surface area (Å²) < 4.78 is 37.4. The summed E-state index contributed by atoms with van der Waals surface area (Å²) in [5, 5.41) is 4.41. The van der Waals surface area contributed by atoms with Gasteiger partial charge < -0.3 is 10.2 Å². The molecule has 0 bridgehead atoms. The van der Waals surface area contributed by atoms with E-state index in [-0.39, 0.29) is 30.5 Å². The standard InChI is InChI=1S/C13H19F3N4S.HI/c1-4-5-6-7-20(3)12(17-2)18-8-11-19-10(9-21-11)13(14,15)16;/h4,9H,1,5-8H2,2-3H3,(H,17,18);1H. The summed E-state index contributed by atoms with van der Waals surface area (Å²) in [5.41, 5.74) is -0.848. The van der Waals surface area contributed by atoms with Crippen LogP contribution < -0.4 is 5.32 Å². The van der Waals surface area contributed by atoms with Gasteiger partial charge in [-0.1, -0.05) is 6.08 Å². The van der Waals surface area contributed by atoms with Crippen LogP contribution in [0.5, 0.6) is 0 Å². The number of hydrogen-bond donors (Lipinski definition) is 1. The van der Waals surface area contributed by atoms with E-state index in [1.807, 2.05) is 18.0 Å². The summed E-state index contributed by atoms with van der Waals surface area (Å²) in [7, 11) is 3.51. The van der Waals surface area contributed by atoms with Gasteiger partial charge in [-0.2, -0.15) is 13.2 Å². The molecule has 1 heterocycles. The zero-order chi connectivity index (χ0) is 15.9. The molecule has 0 spiro atoms. The van der Waals surface area contributed by atoms with Crippen LogP contribution in [0.2, 0.25) is 0 Å². The lowest BCUT2D eigenvalue weighted by atomic mass is 10.3. The molecule has 22 heavy (non-hydrogen) atoms. The lowest BCUT2D eigenvalue weighted by Gasteiger charge is -2.21. The smallest absolute Gasteiger partial charge is 0.350 e. The van der Waals surface area contributed by atoms with Gasteiger partial charge in [0.2, 0.25) is 0 Å². The minimum atomic E-state index is -4.39. The number of halogens is 4. The van der Waals surface area contributed by atoms with Crippen molar-refractivity contribution in [3.05, 3.63) is 28.7 Å². The Bertz CT molecular complexity index is 488. The van der Waals surface area contributed by atoms with Crippen molar-refractivity contribution in [2.45, 2.75) is 25.6 Å². The molecular formula is C13H20F3IN4S. The van der Waals surface area contributed by atoms with Crippen LogP contribution in [0.1, 0.15) is 23.5 Å². The topological polar surface area (TPSA) is 40.5 Å². The molecule has 0 aliphatic heterocycles. The SMILES string of the molecule is C=CCCCN(C)C(=NC)NCc1nc(C(F)(F)F)cs1.I. The van der Waals surface area contributed by atoms with Gasteiger partial charge in [0.05, 0.1) is 6.54 Å². The average Bonchev–Trinajstić information content (AvgIpc) is 2.88. The van der Waals surface area contributed by atoms with Crippen molar-refractivity contribution in [2.75, 3.05) is 20.6 Å². The van der Waals surface area contributed by atoms with Gasteiger partial charge in [-0.3, -0.25) is 4.99 Å². The molecule has 126 valence electrons. The summed E-state index contributed by atoms with van der Waals surface area (Å²) in [6.45, 7) is 4.67. The summed E-state index contributed by atoms with van der Waals surface area (Å²) in [6, 6.07) is 0. The number of hydrogen-bond acceptors (Lipinski definition) is 3. The van der Waals surface area contributed by atoms with Crippen molar-refractivity contribution in [1.29, 1.82) is 0 Å². The second-order valence-corrected chi connectivity index (χ2v) is 5.32. The maximum atomic E-state index is 12.5. The Hall–Kier alpha value is -0.840. The summed E-state index contributed by atoms with van der Waals surface area (Å²) in [6.07, 6.45) is -0.699. The number of nitrogens with zero attached hydrogens (tertiary/aromatic N) is 3. The lowest BCUT2D eigenvalue weighted by molar-refractivity contribution is -0.140. The van der Waals surface area contributed by atoms with Gasteiger partial charge in [0.15, 0.2) is 11.7 Å². The molecule has 0 fully saturated rings. The van der Waals surface area contributed by atoms with Crippen molar-refractivity contribution >= 4 is 41.3 Å². The van der Waals surface area contributed by atoms with E-state index in [4.69, 9.17) is 0 Å². The minimum Gasteiger partial charge on any atom is -0.350 e. The van der Waals surface area contributed by atoms with Gasteiger partial charge >= 0.3 is 6.18 Å². The van der Waals surface area contributed by atoms with Crippen LogP contribution in [0.15, 0.2) is 23.0 Å². The number of rotatable bonds is 6. The predicted molar refractivity (Wildman–Crippen MR) is 94.8 cm³/mol. The number of aliphatic imine (C=N–C) groups is 1. The molecule has 1 rings (SSSR count). The third-order valence-corrected chi connectivity index (χ3v) is 3.56. The Morgan fingerprint density at radius 1 is 1.55 bits per heavy atom. The molecule has 0 aliphatic rings. The normalized spacial score (nSPS) is 11.8. The molecule has 1 aromatic heterocycles. The van der Waals surface area contributed by atoms with Crippen LogP contribution in [0.3, 0.4) is 0 Å². The third-order valence-electron chi connectivity index (χ3n) is 2.72. The van der Waals surface area contributed by atoms with Crippen LogP contribution in [0, 0.1) is 0 Å². The Kier molecular flexibility index (Phi) is 9.65. The number of allylic oxidation sites excluding steroid dienone is 1. The first-order valence-electron chi connectivity index (χ1n) is 6.42. The molecule has 0 saturated carbocycles. The Labute approximate surface area is 149 Å². The highest BCUT2D eigenvalue weighted by Crippen LogP contribution is 2.29. The van der Waals surface area contributed by atoms with Gasteiger partial charge in [0.25, 0.3) is 0 Å². The molecule has 0 radical (unpaired) electrons. The highest BCUT2D eigenvalue weighted by molar-refractivity contribution is 14.0. The van der Waals surface area contributed by atoms with E-state index in [0.29, 0.717) is 11.0 Å². The minimum absolute atomic E-state index is 0. The molecule has 1 aromatic rings. The number of alkyl halides is 3. The third kappa shape index (κ3) is 6.95. The molecule has 0 aliphatic carbocycles. The van der Waals surface area contributed by atoms with Gasteiger partial charge in [-0.25, -0.2) is 4.98 Å². The fraction of sp³-hybridized carbons (Fsp3) is 0.538. The fourth-order valence-corrected chi connectivity index (χ4v) is 2.38. The van der Waals surface area contributed by atoms with Crippen LogP contribution in [-0.2, 0) is 12.7 Å². The van der Waals surface area contributed by atoms with Gasteiger partial charge in [-0.15, -0.1) is 41.9 Å². The van der Waals surface area contributed by atoms with Crippen LogP contribution in [-0.4, -0.2) is 36.5 Å². The molecule has 9 heteroatoms. The quantitative estimate of drug-likeness (QED) is 0.237. The summed E-state index contributed by atoms with van der Waals surface area (Å²) in [4.78, 5) is 9.58. The van der Waals surface area contributed by atoms with Crippen molar-refractivity contribution in [3.63, 3.8) is 0 Å². The molecule has 0 saturated heterocycles. The van der Waals surface area contributed by atoms with Gasteiger partial charge in [0, 0.05) is 26.0 Å². The number of guanidine groups is 1. The molecule has 0 amide bonds. The largest absolute Gasteiger partial charge is 0.434 e. The van der Waals surface area contributed by atoms with E-state index in [0.717, 1.165) is 36.1 Å². The zero-order valence-electron chi connectivity index (χ0n) is 12.5. The summed E-state index contributed by atoms with van der Waals surface area (Å²) >= 11 is 0.982. The molecular weight excluding hydrogens is 428 g/mol. The van der Waals surface area contributed by atoms with Crippen LogP contribution >= 0.6 is 35.3 Å². The first kappa shape index (κ1) is 21.2. The van der Waals surface area contributed by atoms with Crippen molar-refractivity contribution in [3.8, 4) is 0 Å². The number of thiazole rings is 1. The van der Waals surface area contributed by atoms with Crippen molar-refractivity contribution in [2.24, 2.45) is 4.99 Å². The van der Waals surface area contributed by atoms with E-state index in [2.05, 4.69) is 21.9 Å². The van der Waals surface area contributed by atoms with Gasteiger partial charge in [0.1, 0.15) is 5.01 Å². The van der Waals surface area contributed by atoms with E-state index in [1.54, 1.807) is 7.05 Å². The van der Waals surface area contributed by atoms with Crippen molar-refractivity contribution < 1.29 is 13.2 Å². The predicted octanol–water partition coefficient (Wildman–Crippen LogP) is 3.75. The maximum absolute atomic E-state index is 12.5. The van der Waals surface area contributed by atoms with E-state index in [1.165, 1.54) is 0 Å². The second-order valence-electron chi connectivity index (χ2n) is 4.38. The molecule has 4 nitrogen and oxygen atoms in total. The summed E-state index contributed by atoms with van der Waals surface area (Å²) in [5.74, 6) is 0.628. The fourth-order valence-electron chi connectivity index (χ4n) is 1.64. The lowest BCUT2D eigenvalue weighted by Crippen LogP contribution is -2.38. The zero-order valence-corrected chi connectivity index (χ0v) is 15.6. The van der Waals surface area contributed by atoms with E-state index in [9.17, 15) is 13.2 Å². The molecule has 0 atom stereocenters. The molecule has 1 N–H and O–H groups in total. The van der Waals surface area contributed by atoms with Crippen molar-refractivity contribution in [1.82, 2.24) is 15.2 Å². The highest BCUT2D eigenvalue weighted by atomic mass is 127. The monoisotopic (exact) mass is 448 g/mol. The second kappa shape index (κ2) is 10.0. The van der Waals surface area contributed by atoms with Crippen LogP contribution in [0.25, 0.3) is 0 Å². The first-order chi connectivity index (χ1) is 9.88. The number of aromatic nitrogens is 1. The number of unbranched alkanes of at least 4 members (excludes halogenated alkanes) is 1. The Morgan fingerprint density at radius 2 is 2.23 bits per heavy atom. The first-order valence-corrected chi connectivity index (χ1v) is 7.30. The maximum Gasteiger partial charge on any atom is 0.434 e.